The first kappa shape index (κ1) is 18.3. The Morgan fingerprint density at radius 2 is 1.79 bits per heavy atom. The van der Waals surface area contributed by atoms with E-state index in [-0.39, 0.29) is 5.91 Å². The fraction of sp³-hybridized carbons (Fsp3) is 0.476. The number of nitrogens with zero attached hydrogens (tertiary/aromatic N) is 2. The van der Waals surface area contributed by atoms with Gasteiger partial charge in [-0.25, -0.2) is 0 Å². The van der Waals surface area contributed by atoms with Crippen LogP contribution in [0.1, 0.15) is 61.1 Å². The fourth-order valence-corrected chi connectivity index (χ4v) is 2.95. The van der Waals surface area contributed by atoms with Gasteiger partial charge in [0, 0.05) is 31.0 Å². The second kappa shape index (κ2) is 9.31. The maximum absolute atomic E-state index is 12.9. The summed E-state index contributed by atoms with van der Waals surface area (Å²) in [5, 5.41) is 0. The van der Waals surface area contributed by atoms with Crippen LogP contribution in [0.5, 0.6) is 0 Å². The zero-order chi connectivity index (χ0) is 17.4. The van der Waals surface area contributed by atoms with E-state index in [4.69, 9.17) is 0 Å². The Kier molecular flexibility index (Phi) is 7.10. The van der Waals surface area contributed by atoms with Crippen LogP contribution >= 0.6 is 0 Å². The number of aryl methyl sites for hydroxylation is 2. The third-order valence-corrected chi connectivity index (χ3v) is 4.45. The molecule has 1 aromatic carbocycles. The Balaban J connectivity index is 2.04. The van der Waals surface area contributed by atoms with Gasteiger partial charge in [-0.05, 0) is 49.1 Å². The highest BCUT2D eigenvalue weighted by atomic mass is 16.2. The van der Waals surface area contributed by atoms with Gasteiger partial charge in [0.05, 0.1) is 6.54 Å². The molecule has 2 rings (SSSR count). The highest BCUT2D eigenvalue weighted by Crippen LogP contribution is 2.14. The highest BCUT2D eigenvalue weighted by Gasteiger charge is 2.16. The predicted molar refractivity (Wildman–Crippen MR) is 100 cm³/mol. The number of benzene rings is 1. The van der Waals surface area contributed by atoms with Crippen molar-refractivity contribution in [2.75, 3.05) is 6.54 Å². The Morgan fingerprint density at radius 1 is 1.04 bits per heavy atom. The van der Waals surface area contributed by atoms with Gasteiger partial charge in [-0.15, -0.1) is 0 Å². The van der Waals surface area contributed by atoms with E-state index in [2.05, 4.69) is 36.6 Å². The van der Waals surface area contributed by atoms with Crippen LogP contribution in [0.3, 0.4) is 0 Å². The van der Waals surface area contributed by atoms with E-state index in [0.29, 0.717) is 6.54 Å². The van der Waals surface area contributed by atoms with Crippen LogP contribution in [0.15, 0.2) is 42.6 Å². The van der Waals surface area contributed by atoms with E-state index in [0.717, 1.165) is 30.6 Å². The number of amides is 1. The standard InChI is InChI=1S/C21H30N2O/c1-4-6-7-9-18-11-13-19(14-12-18)21(24)23(15-5-2)17-20-10-8-16-22(20)3/h8,10-14,16H,4-7,9,15,17H2,1-3H3. The van der Waals surface area contributed by atoms with Gasteiger partial charge in [0.2, 0.25) is 0 Å². The van der Waals surface area contributed by atoms with Crippen molar-refractivity contribution in [2.45, 2.75) is 52.5 Å². The molecule has 130 valence electrons. The fourth-order valence-electron chi connectivity index (χ4n) is 2.95. The summed E-state index contributed by atoms with van der Waals surface area (Å²) < 4.78 is 2.08. The van der Waals surface area contributed by atoms with E-state index in [9.17, 15) is 4.79 Å². The molecule has 24 heavy (non-hydrogen) atoms. The van der Waals surface area contributed by atoms with E-state index >= 15 is 0 Å². The van der Waals surface area contributed by atoms with Gasteiger partial charge in [0.1, 0.15) is 0 Å². The number of carbonyl (C=O) groups excluding carboxylic acids is 1. The first-order valence-corrected chi connectivity index (χ1v) is 9.14. The molecule has 0 aliphatic rings. The molecule has 2 aromatic rings. The molecule has 1 aromatic heterocycles. The molecule has 0 aliphatic heterocycles. The lowest BCUT2D eigenvalue weighted by Crippen LogP contribution is -2.32. The SMILES string of the molecule is CCCCCc1ccc(C(=O)N(CCC)Cc2cccn2C)cc1. The van der Waals surface area contributed by atoms with Crippen molar-refractivity contribution in [1.29, 1.82) is 0 Å². The second-order valence-corrected chi connectivity index (χ2v) is 6.49. The summed E-state index contributed by atoms with van der Waals surface area (Å²) in [5.41, 5.74) is 3.27. The van der Waals surface area contributed by atoms with Crippen molar-refractivity contribution in [3.05, 3.63) is 59.4 Å². The molecule has 0 spiro atoms. The number of aromatic nitrogens is 1. The molecule has 1 amide bonds. The first-order chi connectivity index (χ1) is 11.7. The number of rotatable bonds is 9. The van der Waals surface area contributed by atoms with E-state index < -0.39 is 0 Å². The van der Waals surface area contributed by atoms with Gasteiger partial charge in [0.15, 0.2) is 0 Å². The van der Waals surface area contributed by atoms with Crippen LogP contribution in [0, 0.1) is 0 Å². The van der Waals surface area contributed by atoms with Gasteiger partial charge < -0.3 is 9.47 Å². The Hall–Kier alpha value is -2.03. The molecule has 0 N–H and O–H groups in total. The number of hydrogen-bond donors (Lipinski definition) is 0. The minimum Gasteiger partial charge on any atom is -0.353 e. The molecule has 3 nitrogen and oxygen atoms in total. The smallest absolute Gasteiger partial charge is 0.254 e. The summed E-state index contributed by atoms with van der Waals surface area (Å²) in [6.07, 6.45) is 7.81. The summed E-state index contributed by atoms with van der Waals surface area (Å²) in [6.45, 7) is 5.77. The summed E-state index contributed by atoms with van der Waals surface area (Å²) >= 11 is 0. The minimum atomic E-state index is 0.123. The summed E-state index contributed by atoms with van der Waals surface area (Å²) in [4.78, 5) is 14.8. The number of hydrogen-bond acceptors (Lipinski definition) is 1. The third kappa shape index (κ3) is 4.98. The van der Waals surface area contributed by atoms with Crippen molar-refractivity contribution >= 4 is 5.91 Å². The Morgan fingerprint density at radius 3 is 2.38 bits per heavy atom. The molecular weight excluding hydrogens is 296 g/mol. The maximum atomic E-state index is 12.9. The van der Waals surface area contributed by atoms with Gasteiger partial charge in [-0.2, -0.15) is 0 Å². The van der Waals surface area contributed by atoms with E-state index in [1.165, 1.54) is 24.8 Å². The Labute approximate surface area is 146 Å². The zero-order valence-electron chi connectivity index (χ0n) is 15.3. The van der Waals surface area contributed by atoms with Crippen molar-refractivity contribution in [3.8, 4) is 0 Å². The predicted octanol–water partition coefficient (Wildman–Crippen LogP) is 4.81. The molecule has 0 unspecified atom stereocenters. The lowest BCUT2D eigenvalue weighted by molar-refractivity contribution is 0.0740. The maximum Gasteiger partial charge on any atom is 0.254 e. The van der Waals surface area contributed by atoms with E-state index in [1.807, 2.05) is 36.3 Å². The molecule has 0 radical (unpaired) electrons. The van der Waals surface area contributed by atoms with Crippen molar-refractivity contribution in [3.63, 3.8) is 0 Å². The van der Waals surface area contributed by atoms with E-state index in [1.54, 1.807) is 0 Å². The quantitative estimate of drug-likeness (QED) is 0.607. The summed E-state index contributed by atoms with van der Waals surface area (Å²) in [5.74, 6) is 0.123. The number of carbonyl (C=O) groups is 1. The van der Waals surface area contributed by atoms with Crippen LogP contribution in [-0.4, -0.2) is 21.9 Å². The van der Waals surface area contributed by atoms with Crippen LogP contribution < -0.4 is 0 Å². The molecule has 0 fully saturated rings. The number of unbranched alkanes of at least 4 members (excludes halogenated alkanes) is 2. The molecule has 0 bridgehead atoms. The molecule has 0 saturated heterocycles. The monoisotopic (exact) mass is 326 g/mol. The molecule has 3 heteroatoms. The van der Waals surface area contributed by atoms with Crippen LogP contribution in [0.25, 0.3) is 0 Å². The van der Waals surface area contributed by atoms with Gasteiger partial charge >= 0.3 is 0 Å². The highest BCUT2D eigenvalue weighted by molar-refractivity contribution is 5.94. The Bertz CT molecular complexity index is 628. The van der Waals surface area contributed by atoms with Gasteiger partial charge in [-0.3, -0.25) is 4.79 Å². The molecule has 0 atom stereocenters. The molecule has 0 saturated carbocycles. The van der Waals surface area contributed by atoms with Crippen molar-refractivity contribution in [1.82, 2.24) is 9.47 Å². The average molecular weight is 326 g/mol. The zero-order valence-corrected chi connectivity index (χ0v) is 15.3. The van der Waals surface area contributed by atoms with Crippen molar-refractivity contribution < 1.29 is 4.79 Å². The topological polar surface area (TPSA) is 25.2 Å². The average Bonchev–Trinajstić information content (AvgIpc) is 3.00. The normalized spacial score (nSPS) is 10.8. The third-order valence-electron chi connectivity index (χ3n) is 4.45. The van der Waals surface area contributed by atoms with Gasteiger partial charge in [0.25, 0.3) is 5.91 Å². The summed E-state index contributed by atoms with van der Waals surface area (Å²) in [6, 6.07) is 12.3. The van der Waals surface area contributed by atoms with Gasteiger partial charge in [-0.1, -0.05) is 38.8 Å². The molecule has 0 aliphatic carbocycles. The largest absolute Gasteiger partial charge is 0.353 e. The van der Waals surface area contributed by atoms with Crippen LogP contribution in [0.4, 0.5) is 0 Å². The van der Waals surface area contributed by atoms with Crippen molar-refractivity contribution in [2.24, 2.45) is 7.05 Å². The van der Waals surface area contributed by atoms with Crippen LogP contribution in [0.2, 0.25) is 0 Å². The summed E-state index contributed by atoms with van der Waals surface area (Å²) in [7, 11) is 2.02. The molecule has 1 heterocycles. The molecular formula is C21H30N2O. The second-order valence-electron chi connectivity index (χ2n) is 6.49. The minimum absolute atomic E-state index is 0.123. The lowest BCUT2D eigenvalue weighted by Gasteiger charge is -2.22. The lowest BCUT2D eigenvalue weighted by atomic mass is 10.0. The first-order valence-electron chi connectivity index (χ1n) is 9.14. The van der Waals surface area contributed by atoms with Crippen LogP contribution in [-0.2, 0) is 20.0 Å².